The van der Waals surface area contributed by atoms with Gasteiger partial charge in [-0.05, 0) is 138 Å². The number of fused-ring (bicyclic) bond motifs is 6. The molecule has 0 aromatic heterocycles. The molecule has 0 amide bonds. The van der Waals surface area contributed by atoms with Crippen molar-refractivity contribution in [2.24, 2.45) is 0 Å². The quantitative estimate of drug-likeness (QED) is 0.166. The monoisotopic (exact) mass is 753 g/mol. The van der Waals surface area contributed by atoms with Crippen LogP contribution in [0.25, 0.3) is 0 Å². The van der Waals surface area contributed by atoms with Gasteiger partial charge in [0.05, 0.1) is 0 Å². The van der Waals surface area contributed by atoms with Gasteiger partial charge in [-0.25, -0.2) is 0 Å². The van der Waals surface area contributed by atoms with Crippen molar-refractivity contribution in [3.05, 3.63) is 168 Å². The van der Waals surface area contributed by atoms with Crippen LogP contribution in [-0.4, -0.2) is 14.8 Å². The molecule has 3 aliphatic heterocycles. The van der Waals surface area contributed by atoms with Crippen LogP contribution in [0.2, 0.25) is 13.1 Å². The average molecular weight is 754 g/mol. The lowest BCUT2D eigenvalue weighted by Gasteiger charge is -2.45. The molecule has 1 fully saturated rings. The van der Waals surface area contributed by atoms with Gasteiger partial charge in [0.25, 0.3) is 6.71 Å². The summed E-state index contributed by atoms with van der Waals surface area (Å²) in [5.41, 5.74) is 19.7. The van der Waals surface area contributed by atoms with Crippen molar-refractivity contribution >= 4 is 92.7 Å². The van der Waals surface area contributed by atoms with E-state index in [1.165, 1.54) is 127 Å². The van der Waals surface area contributed by atoms with Gasteiger partial charge in [0.2, 0.25) is 0 Å². The van der Waals surface area contributed by atoms with Gasteiger partial charge in [0, 0.05) is 51.2 Å². The second-order valence-electron chi connectivity index (χ2n) is 17.4. The highest BCUT2D eigenvalue weighted by Crippen LogP contribution is 2.48. The van der Waals surface area contributed by atoms with E-state index in [1.54, 1.807) is 0 Å². The maximum absolute atomic E-state index is 2.60. The van der Waals surface area contributed by atoms with Crippen molar-refractivity contribution in [2.45, 2.75) is 65.0 Å². The standard InChI is InChI=1S/C52H48BN3Si/c1-35-23-29-44-42(31-35)53-43-32-36(2)24-30-45(43)55(49-34-38(37-15-7-5-8-16-37)33-48(52(49)53)54(44)39-17-9-6-10-18-39)40-25-27-41(28-26-40)56-46-19-11-13-21-50(46)57(3,4)51-22-14-12-20-47(51)56/h6,9-14,17-34,37H,5,7-8,15-16H2,1-4H3. The first-order chi connectivity index (χ1) is 27.9. The first kappa shape index (κ1) is 34.5. The molecule has 57 heavy (non-hydrogen) atoms. The average Bonchev–Trinajstić information content (AvgIpc) is 3.24. The van der Waals surface area contributed by atoms with Crippen LogP contribution in [0.5, 0.6) is 0 Å². The lowest BCUT2D eigenvalue weighted by Crippen LogP contribution is -2.61. The summed E-state index contributed by atoms with van der Waals surface area (Å²) in [6.07, 6.45) is 6.47. The molecule has 278 valence electrons. The topological polar surface area (TPSA) is 9.72 Å². The van der Waals surface area contributed by atoms with Gasteiger partial charge in [-0.1, -0.05) is 122 Å². The fourth-order valence-electron chi connectivity index (χ4n) is 10.8. The molecule has 0 radical (unpaired) electrons. The van der Waals surface area contributed by atoms with Crippen LogP contribution in [0.3, 0.4) is 0 Å². The first-order valence-electron chi connectivity index (χ1n) is 21.0. The molecule has 3 heterocycles. The van der Waals surface area contributed by atoms with Crippen LogP contribution in [0.1, 0.15) is 54.7 Å². The van der Waals surface area contributed by atoms with Crippen LogP contribution in [0.4, 0.5) is 51.2 Å². The zero-order valence-corrected chi connectivity index (χ0v) is 34.5. The van der Waals surface area contributed by atoms with Gasteiger partial charge in [-0.15, -0.1) is 0 Å². The Morgan fingerprint density at radius 1 is 0.456 bits per heavy atom. The lowest BCUT2D eigenvalue weighted by molar-refractivity contribution is 0.444. The van der Waals surface area contributed by atoms with Crippen molar-refractivity contribution in [1.82, 2.24) is 0 Å². The maximum Gasteiger partial charge on any atom is 0.252 e. The lowest BCUT2D eigenvalue weighted by atomic mass is 9.33. The normalized spacial score (nSPS) is 16.4. The summed E-state index contributed by atoms with van der Waals surface area (Å²) in [6.45, 7) is 9.61. The van der Waals surface area contributed by atoms with E-state index in [0.29, 0.717) is 5.92 Å². The Morgan fingerprint density at radius 2 is 0.912 bits per heavy atom. The third-order valence-electron chi connectivity index (χ3n) is 13.5. The number of rotatable bonds is 4. The Hall–Kier alpha value is -5.78. The molecule has 5 heteroatoms. The number of nitrogens with zero attached hydrogens (tertiary/aromatic N) is 3. The maximum atomic E-state index is 2.60. The van der Waals surface area contributed by atoms with E-state index in [0.717, 1.165) is 0 Å². The van der Waals surface area contributed by atoms with Gasteiger partial charge in [0.15, 0.2) is 0 Å². The van der Waals surface area contributed by atoms with Gasteiger partial charge < -0.3 is 14.7 Å². The van der Waals surface area contributed by atoms with Crippen molar-refractivity contribution in [2.75, 3.05) is 14.7 Å². The van der Waals surface area contributed by atoms with Crippen LogP contribution in [0.15, 0.2) is 152 Å². The summed E-state index contributed by atoms with van der Waals surface area (Å²) < 4.78 is 0. The minimum Gasteiger partial charge on any atom is -0.311 e. The number of benzene rings is 7. The summed E-state index contributed by atoms with van der Waals surface area (Å²) in [5.74, 6) is 0.562. The molecule has 7 aromatic rings. The molecular weight excluding hydrogens is 705 g/mol. The predicted octanol–water partition coefficient (Wildman–Crippen LogP) is 11.0. The van der Waals surface area contributed by atoms with Gasteiger partial charge >= 0.3 is 0 Å². The van der Waals surface area contributed by atoms with Crippen molar-refractivity contribution in [3.63, 3.8) is 0 Å². The highest BCUT2D eigenvalue weighted by atomic mass is 28.3. The van der Waals surface area contributed by atoms with Crippen LogP contribution >= 0.6 is 0 Å². The second kappa shape index (κ2) is 13.1. The van der Waals surface area contributed by atoms with Crippen LogP contribution in [0, 0.1) is 13.8 Å². The molecule has 3 nitrogen and oxygen atoms in total. The third-order valence-corrected chi connectivity index (χ3v) is 17.0. The summed E-state index contributed by atoms with van der Waals surface area (Å²) in [5, 5.41) is 2.98. The molecule has 0 bridgehead atoms. The first-order valence-corrected chi connectivity index (χ1v) is 24.0. The Morgan fingerprint density at radius 3 is 1.44 bits per heavy atom. The third kappa shape index (κ3) is 5.32. The number of hydrogen-bond acceptors (Lipinski definition) is 3. The molecule has 0 spiro atoms. The Labute approximate surface area is 339 Å². The highest BCUT2D eigenvalue weighted by molar-refractivity contribution is 7.03. The fraction of sp³-hybridized carbons (Fsp3) is 0.192. The summed E-state index contributed by atoms with van der Waals surface area (Å²) in [4.78, 5) is 7.66. The molecular formula is C52H48BN3Si. The van der Waals surface area contributed by atoms with E-state index in [-0.39, 0.29) is 6.71 Å². The van der Waals surface area contributed by atoms with E-state index >= 15 is 0 Å². The summed E-state index contributed by atoms with van der Waals surface area (Å²) in [6, 6.07) is 58.1. The van der Waals surface area contributed by atoms with Crippen molar-refractivity contribution in [3.8, 4) is 0 Å². The molecule has 1 saturated carbocycles. The number of anilines is 9. The molecule has 11 rings (SSSR count). The fourth-order valence-corrected chi connectivity index (χ4v) is 13.8. The molecule has 0 atom stereocenters. The zero-order chi connectivity index (χ0) is 38.4. The smallest absolute Gasteiger partial charge is 0.252 e. The number of aryl methyl sites for hydroxylation is 2. The highest BCUT2D eigenvalue weighted by Gasteiger charge is 2.44. The minimum atomic E-state index is -1.87. The van der Waals surface area contributed by atoms with E-state index in [9.17, 15) is 0 Å². The molecule has 0 saturated heterocycles. The summed E-state index contributed by atoms with van der Waals surface area (Å²) >= 11 is 0. The van der Waals surface area contributed by atoms with E-state index in [1.807, 2.05) is 0 Å². The van der Waals surface area contributed by atoms with Crippen molar-refractivity contribution < 1.29 is 0 Å². The van der Waals surface area contributed by atoms with Gasteiger partial charge in [0.1, 0.15) is 8.07 Å². The van der Waals surface area contributed by atoms with Crippen LogP contribution in [-0.2, 0) is 0 Å². The largest absolute Gasteiger partial charge is 0.311 e. The van der Waals surface area contributed by atoms with Gasteiger partial charge in [-0.3, -0.25) is 0 Å². The van der Waals surface area contributed by atoms with Gasteiger partial charge in [-0.2, -0.15) is 0 Å². The van der Waals surface area contributed by atoms with Crippen molar-refractivity contribution in [1.29, 1.82) is 0 Å². The minimum absolute atomic E-state index is 0.129. The second-order valence-corrected chi connectivity index (χ2v) is 21.7. The molecule has 4 aliphatic rings. The molecule has 7 aromatic carbocycles. The van der Waals surface area contributed by atoms with E-state index < -0.39 is 8.07 Å². The number of hydrogen-bond donors (Lipinski definition) is 0. The number of para-hydroxylation sites is 3. The Kier molecular flexibility index (Phi) is 7.95. The predicted molar refractivity (Wildman–Crippen MR) is 247 cm³/mol. The SMILES string of the molecule is Cc1ccc2c(c1)B1c3cc(C)ccc3N(c3ccc(N4c5ccccc5[Si](C)(C)c5ccccc54)cc3)c3cc(C4CCCCC4)cc(c31)N2c1ccccc1. The van der Waals surface area contributed by atoms with E-state index in [4.69, 9.17) is 0 Å². The van der Waals surface area contributed by atoms with Crippen LogP contribution < -0.4 is 41.5 Å². The molecule has 1 aliphatic carbocycles. The van der Waals surface area contributed by atoms with E-state index in [2.05, 4.69) is 193 Å². The summed E-state index contributed by atoms with van der Waals surface area (Å²) in [7, 11) is -1.87. The Bertz CT molecular complexity index is 2650. The molecule has 0 unspecified atom stereocenters. The Balaban J connectivity index is 1.14. The molecule has 0 N–H and O–H groups in total. The zero-order valence-electron chi connectivity index (χ0n) is 33.5.